The third-order valence-electron chi connectivity index (χ3n) is 14.3. The number of carbonyl (C=O) groups excluding carboxylic acids is 7. The number of rotatable bonds is 12. The number of carboxylic acids is 1. The molecule has 2 aliphatic heterocycles. The zero-order valence-electron chi connectivity index (χ0n) is 46.5. The minimum absolute atomic E-state index is 0.0187. The molecule has 10 bridgehead atoms. The fraction of sp³-hybridized carbons (Fsp3) is 0.246. The molecule has 32 heteroatoms. The Bertz CT molecular complexity index is 4200. The van der Waals surface area contributed by atoms with Gasteiger partial charge >= 0.3 is 5.97 Å². The Labute approximate surface area is 528 Å². The van der Waals surface area contributed by atoms with Crippen LogP contribution in [0.1, 0.15) is 111 Å². The van der Waals surface area contributed by atoms with Crippen molar-refractivity contribution in [2.75, 3.05) is 19.6 Å². The number of nitrogens with two attached hydrogens (primary N) is 1. The summed E-state index contributed by atoms with van der Waals surface area (Å²) in [4.78, 5) is 142. The van der Waals surface area contributed by atoms with Gasteiger partial charge in [0.2, 0.25) is 17.7 Å². The maximum atomic E-state index is 15.2. The number of carbonyl (C=O) groups is 8. The molecule has 0 saturated carbocycles. The number of aryl methyl sites for hydroxylation is 1. The van der Waals surface area contributed by atoms with Crippen molar-refractivity contribution in [3.8, 4) is 49.1 Å². The van der Waals surface area contributed by atoms with Gasteiger partial charge in [0, 0.05) is 56.2 Å². The number of thiazole rings is 6. The molecule has 0 aliphatic carbocycles. The first-order chi connectivity index (χ1) is 42.7. The van der Waals surface area contributed by atoms with E-state index in [1.807, 2.05) is 0 Å². The van der Waals surface area contributed by atoms with Crippen LogP contribution in [0.2, 0.25) is 0 Å². The third kappa shape index (κ3) is 13.6. The number of nitrogens with zero attached hydrogens (tertiary/aromatic N) is 8. The highest BCUT2D eigenvalue weighted by atomic mass is 32.1. The van der Waals surface area contributed by atoms with Gasteiger partial charge in [0.15, 0.2) is 0 Å². The smallest absolute Gasteiger partial charge is 0.322 e. The van der Waals surface area contributed by atoms with E-state index in [0.29, 0.717) is 58.7 Å². The molecule has 1 fully saturated rings. The number of aromatic nitrogens is 7. The molecule has 0 unspecified atom stereocenters. The van der Waals surface area contributed by atoms with Crippen LogP contribution in [0, 0.1) is 12.8 Å². The van der Waals surface area contributed by atoms with Gasteiger partial charge in [0.25, 0.3) is 23.6 Å². The van der Waals surface area contributed by atoms with Gasteiger partial charge < -0.3 is 57.6 Å². The minimum Gasteiger partial charge on any atom is -0.508 e. The number of aliphatic carboxylic acids is 1. The molecular weight excluding hydrogens is 1270 g/mol. The predicted octanol–water partition coefficient (Wildman–Crippen LogP) is 5.22. The zero-order valence-corrected chi connectivity index (χ0v) is 51.4. The van der Waals surface area contributed by atoms with Gasteiger partial charge in [0.05, 0.1) is 36.8 Å². The summed E-state index contributed by atoms with van der Waals surface area (Å²) >= 11 is 6.64. The molecule has 2 aromatic carbocycles. The van der Waals surface area contributed by atoms with Crippen LogP contribution >= 0.6 is 68.0 Å². The van der Waals surface area contributed by atoms with Crippen LogP contribution in [-0.4, -0.2) is 139 Å². The summed E-state index contributed by atoms with van der Waals surface area (Å²) in [6, 6.07) is 13.4. The molecule has 26 nitrogen and oxygen atoms in total. The average molecular weight is 1320 g/mol. The highest BCUT2D eigenvalue weighted by Crippen LogP contribution is 2.43. The summed E-state index contributed by atoms with van der Waals surface area (Å²) in [6.45, 7) is 2.15. The molecule has 11 N–H and O–H groups in total. The van der Waals surface area contributed by atoms with Gasteiger partial charge in [-0.1, -0.05) is 49.4 Å². The number of fused-ring (bicyclic) bond motifs is 16. The lowest BCUT2D eigenvalue weighted by Gasteiger charge is -2.29. The van der Waals surface area contributed by atoms with E-state index >= 15 is 4.79 Å². The fourth-order valence-corrected chi connectivity index (χ4v) is 15.1. The van der Waals surface area contributed by atoms with Crippen LogP contribution < -0.4 is 32.3 Å². The Hall–Kier alpha value is -9.15. The number of phenolic OH excluding ortho intramolecular Hbond substituents is 1. The van der Waals surface area contributed by atoms with Crippen molar-refractivity contribution in [1.82, 2.24) is 66.4 Å². The van der Waals surface area contributed by atoms with E-state index in [0.717, 1.165) is 45.3 Å². The van der Waals surface area contributed by atoms with Crippen LogP contribution in [0.3, 0.4) is 0 Å². The number of pyridine rings is 1. The molecule has 9 heterocycles. The number of hydrogen-bond donors (Lipinski definition) is 10. The number of benzene rings is 2. The molecule has 7 amide bonds. The highest BCUT2D eigenvalue weighted by Gasteiger charge is 2.45. The molecular formula is C57H50N14O12S6. The lowest BCUT2D eigenvalue weighted by Crippen LogP contribution is -2.50. The number of nitrogens with one attached hydrogen (secondary N) is 5. The Morgan fingerprint density at radius 2 is 1.33 bits per heavy atom. The van der Waals surface area contributed by atoms with E-state index in [1.54, 1.807) is 79.2 Å². The summed E-state index contributed by atoms with van der Waals surface area (Å²) in [7, 11) is 0. The molecule has 9 aromatic rings. The highest BCUT2D eigenvalue weighted by molar-refractivity contribution is 7.15. The number of primary amides is 1. The Morgan fingerprint density at radius 3 is 2.08 bits per heavy atom. The van der Waals surface area contributed by atoms with Crippen molar-refractivity contribution in [2.45, 2.75) is 63.1 Å². The van der Waals surface area contributed by atoms with Crippen LogP contribution in [0.25, 0.3) is 43.4 Å². The van der Waals surface area contributed by atoms with Gasteiger partial charge in [-0.05, 0) is 42.3 Å². The molecule has 7 aromatic heterocycles. The van der Waals surface area contributed by atoms with Gasteiger partial charge in [0.1, 0.15) is 100 Å². The SMILES string of the molecule is Cc1sc2nc1C(=O)N[C@@H]([C@H](O)c1ccccc1)c1nc(cs1)C(=O)N[C@@H](Cc1ccc(O)cc1)C(=O)N1C[C@H](O)[C@H](C)[C@@H]1c1nc(cs1)-c1nc(cs1)-c1nc(-c3nc(C(=O)NCC(=O)NCC(=O)O)cs3)ccc1-c1nc(cs1)C(=O)N[C@H]2CC(N)=O. The Kier molecular flexibility index (Phi) is 18.2. The Balaban J connectivity index is 0.991. The predicted molar refractivity (Wildman–Crippen MR) is 329 cm³/mol. The van der Waals surface area contributed by atoms with E-state index in [-0.39, 0.29) is 57.2 Å². The first-order valence-electron chi connectivity index (χ1n) is 27.0. The second-order valence-corrected chi connectivity index (χ2v) is 26.0. The summed E-state index contributed by atoms with van der Waals surface area (Å²) in [5, 5.41) is 65.3. The standard InChI is InChI=1S/C57H50N14O12S6/c1-24-38(73)18-71-45(24)56-68-37(23-88-56)53-64-33(19-85-53)43-29(12-13-30(61-43)52-66-34(20-86-52)47(79)60-16-40(75)59-17-41(76)77)51-65-35(21-84-51)48(80)62-31(15-39(58)74)54-70-42(25(2)89-54)50(82)69-44(46(78)27-6-4-3-5-7-27)55-67-36(22-87-55)49(81)63-32(57(71)83)14-26-8-10-28(72)11-9-26/h3-13,19-24,31-32,38,44-46,72-73,78H,14-18H2,1-2H3,(H2,58,74)(H,59,75)(H,60,79)(H,62,80)(H,63,81)(H,69,82)(H,76,77)/t24-,31-,32-,38-,44-,45+,46+/m0/s1. The maximum absolute atomic E-state index is 15.2. The van der Waals surface area contributed by atoms with Crippen LogP contribution in [0.15, 0.2) is 93.6 Å². The van der Waals surface area contributed by atoms with E-state index in [9.17, 15) is 48.9 Å². The van der Waals surface area contributed by atoms with E-state index < -0.39 is 109 Å². The quantitative estimate of drug-likeness (QED) is 0.0749. The number of carboxylic acid groups (broad SMARTS) is 1. The number of hydrogen-bond acceptors (Lipinski definition) is 24. The van der Waals surface area contributed by atoms with Gasteiger partial charge in [-0.15, -0.1) is 68.0 Å². The second kappa shape index (κ2) is 26.3. The zero-order chi connectivity index (χ0) is 62.8. The molecule has 0 spiro atoms. The van der Waals surface area contributed by atoms with Gasteiger partial charge in [-0.3, -0.25) is 38.4 Å². The number of aliphatic hydroxyl groups is 2. The minimum atomic E-state index is -1.43. The van der Waals surface area contributed by atoms with Crippen LogP contribution in [0.5, 0.6) is 5.75 Å². The molecule has 7 atom stereocenters. The van der Waals surface area contributed by atoms with Crippen molar-refractivity contribution in [2.24, 2.45) is 11.7 Å². The summed E-state index contributed by atoms with van der Waals surface area (Å²) in [5.74, 6) is -6.86. The van der Waals surface area contributed by atoms with Crippen molar-refractivity contribution < 1.29 is 58.8 Å². The van der Waals surface area contributed by atoms with Gasteiger partial charge in [-0.2, -0.15) is 0 Å². The topological polar surface area (TPSA) is 397 Å². The molecule has 0 radical (unpaired) electrons. The van der Waals surface area contributed by atoms with Crippen LogP contribution in [0.4, 0.5) is 0 Å². The third-order valence-corrected chi connectivity index (χ3v) is 19.8. The molecule has 2 aliphatic rings. The maximum Gasteiger partial charge on any atom is 0.322 e. The second-order valence-electron chi connectivity index (χ2n) is 20.4. The van der Waals surface area contributed by atoms with E-state index in [4.69, 9.17) is 30.8 Å². The van der Waals surface area contributed by atoms with Crippen molar-refractivity contribution in [3.63, 3.8) is 0 Å². The molecule has 1 saturated heterocycles. The van der Waals surface area contributed by atoms with Crippen molar-refractivity contribution in [1.29, 1.82) is 0 Å². The first-order valence-corrected chi connectivity index (χ1v) is 32.2. The monoisotopic (exact) mass is 1310 g/mol. The molecule has 11 rings (SSSR count). The summed E-state index contributed by atoms with van der Waals surface area (Å²) in [5.41, 5.74) is 8.11. The lowest BCUT2D eigenvalue weighted by atomic mass is 10.00. The fourth-order valence-electron chi connectivity index (χ4n) is 9.79. The summed E-state index contributed by atoms with van der Waals surface area (Å²) in [6.07, 6.45) is -2.91. The summed E-state index contributed by atoms with van der Waals surface area (Å²) < 4.78 is 0. The molecule has 456 valence electrons. The Morgan fingerprint density at radius 1 is 0.674 bits per heavy atom. The number of amides is 7. The van der Waals surface area contributed by atoms with Gasteiger partial charge in [-0.25, -0.2) is 34.9 Å². The van der Waals surface area contributed by atoms with Crippen LogP contribution in [-0.2, 0) is 25.6 Å². The van der Waals surface area contributed by atoms with Crippen molar-refractivity contribution >= 4 is 115 Å². The van der Waals surface area contributed by atoms with E-state index in [2.05, 4.69) is 41.5 Å². The lowest BCUT2D eigenvalue weighted by molar-refractivity contribution is -0.137. The first kappa shape index (κ1) is 61.5. The van der Waals surface area contributed by atoms with E-state index in [1.165, 1.54) is 55.8 Å². The number of aliphatic hydroxyl groups excluding tert-OH is 2. The number of aromatic hydroxyl groups is 1. The van der Waals surface area contributed by atoms with Crippen molar-refractivity contribution in [3.05, 3.63) is 147 Å². The number of phenols is 1. The average Bonchev–Trinajstić information content (AvgIpc) is 1.87. The molecule has 89 heavy (non-hydrogen) atoms. The normalized spacial score (nSPS) is 19.1. The largest absolute Gasteiger partial charge is 0.508 e.